The summed E-state index contributed by atoms with van der Waals surface area (Å²) in [6, 6.07) is 10.9. The molecule has 144 valence electrons. The number of carbonyl (C=O) groups excluding carboxylic acids is 1. The summed E-state index contributed by atoms with van der Waals surface area (Å²) in [4.78, 5) is 16.3. The summed E-state index contributed by atoms with van der Waals surface area (Å²) in [6.45, 7) is 0. The van der Waals surface area contributed by atoms with Gasteiger partial charge in [-0.25, -0.2) is 4.98 Å². The van der Waals surface area contributed by atoms with Gasteiger partial charge in [0.15, 0.2) is 0 Å². The van der Waals surface area contributed by atoms with Crippen molar-refractivity contribution in [2.24, 2.45) is 5.92 Å². The molecule has 0 aliphatic heterocycles. The van der Waals surface area contributed by atoms with E-state index in [0.29, 0.717) is 11.4 Å². The number of amides is 1. The predicted molar refractivity (Wildman–Crippen MR) is 96.0 cm³/mol. The highest BCUT2D eigenvalue weighted by atomic mass is 19.4. The van der Waals surface area contributed by atoms with Crippen LogP contribution in [0.1, 0.15) is 24.0 Å². The molecule has 0 unspecified atom stereocenters. The molecule has 1 aromatic heterocycles. The van der Waals surface area contributed by atoms with Crippen LogP contribution in [-0.2, 0) is 11.2 Å². The molecule has 1 N–H and O–H groups in total. The maximum atomic E-state index is 12.3. The zero-order valence-corrected chi connectivity index (χ0v) is 14.7. The van der Waals surface area contributed by atoms with E-state index in [9.17, 15) is 18.0 Å². The Morgan fingerprint density at radius 3 is 2.75 bits per heavy atom. The van der Waals surface area contributed by atoms with Gasteiger partial charge >= 0.3 is 6.36 Å². The molecule has 1 amide bonds. The highest BCUT2D eigenvalue weighted by Gasteiger charge is 2.31. The smallest absolute Gasteiger partial charge is 0.406 e. The molecule has 0 atom stereocenters. The number of rotatable bonds is 5. The van der Waals surface area contributed by atoms with E-state index in [-0.39, 0.29) is 18.1 Å². The second-order valence-corrected chi connectivity index (χ2v) is 6.43. The second kappa shape index (κ2) is 8.13. The molecule has 1 aliphatic carbocycles. The van der Waals surface area contributed by atoms with Crippen LogP contribution in [0.4, 0.5) is 19.0 Å². The number of halogens is 3. The van der Waals surface area contributed by atoms with Crippen molar-refractivity contribution in [2.75, 3.05) is 5.32 Å². The van der Waals surface area contributed by atoms with Crippen molar-refractivity contribution in [3.8, 4) is 11.8 Å². The first-order valence-electron chi connectivity index (χ1n) is 8.50. The molecule has 0 spiro atoms. The number of alkyl halides is 3. The largest absolute Gasteiger partial charge is 0.573 e. The van der Waals surface area contributed by atoms with Gasteiger partial charge in [-0.05, 0) is 48.2 Å². The number of carbonyl (C=O) groups is 1. The van der Waals surface area contributed by atoms with E-state index >= 15 is 0 Å². The third-order valence-corrected chi connectivity index (χ3v) is 4.12. The van der Waals surface area contributed by atoms with Crippen molar-refractivity contribution in [3.63, 3.8) is 0 Å². The van der Waals surface area contributed by atoms with E-state index in [0.717, 1.165) is 18.4 Å². The SMILES string of the molecule is N#CC1CC(=Cc2ccc(NC(=O)Cc3cccc(OC(F)(F)F)c3)nc2)C1. The van der Waals surface area contributed by atoms with Gasteiger partial charge in [0.2, 0.25) is 5.91 Å². The maximum absolute atomic E-state index is 12.3. The molecule has 0 bridgehead atoms. The number of benzene rings is 1. The van der Waals surface area contributed by atoms with Gasteiger partial charge in [-0.3, -0.25) is 4.79 Å². The molecule has 1 aliphatic rings. The number of nitrogens with one attached hydrogen (secondary N) is 1. The van der Waals surface area contributed by atoms with Crippen LogP contribution in [0.2, 0.25) is 0 Å². The lowest BCUT2D eigenvalue weighted by atomic mass is 9.80. The molecular weight excluding hydrogens is 371 g/mol. The monoisotopic (exact) mass is 387 g/mol. The molecule has 28 heavy (non-hydrogen) atoms. The summed E-state index contributed by atoms with van der Waals surface area (Å²) >= 11 is 0. The fourth-order valence-corrected chi connectivity index (χ4v) is 2.81. The Hall–Kier alpha value is -3.34. The topological polar surface area (TPSA) is 75.0 Å². The summed E-state index contributed by atoms with van der Waals surface area (Å²) in [5.74, 6) is -0.335. The minimum Gasteiger partial charge on any atom is -0.406 e. The van der Waals surface area contributed by atoms with Crippen molar-refractivity contribution in [1.82, 2.24) is 4.98 Å². The first-order chi connectivity index (χ1) is 13.3. The van der Waals surface area contributed by atoms with Crippen LogP contribution in [-0.4, -0.2) is 17.3 Å². The Bertz CT molecular complexity index is 923. The molecule has 3 rings (SSSR count). The van der Waals surface area contributed by atoms with E-state index in [2.05, 4.69) is 21.1 Å². The van der Waals surface area contributed by atoms with Crippen molar-refractivity contribution < 1.29 is 22.7 Å². The van der Waals surface area contributed by atoms with Crippen molar-refractivity contribution >= 4 is 17.8 Å². The van der Waals surface area contributed by atoms with E-state index in [1.807, 2.05) is 6.08 Å². The van der Waals surface area contributed by atoms with Crippen LogP contribution in [0.5, 0.6) is 5.75 Å². The zero-order chi connectivity index (χ0) is 20.1. The fourth-order valence-electron chi connectivity index (χ4n) is 2.81. The Morgan fingerprint density at radius 2 is 2.11 bits per heavy atom. The first kappa shape index (κ1) is 19.4. The zero-order valence-electron chi connectivity index (χ0n) is 14.7. The lowest BCUT2D eigenvalue weighted by Gasteiger charge is -2.22. The Kier molecular flexibility index (Phi) is 5.64. The van der Waals surface area contributed by atoms with Gasteiger partial charge in [0, 0.05) is 6.20 Å². The van der Waals surface area contributed by atoms with Crippen LogP contribution in [0.25, 0.3) is 6.08 Å². The molecule has 2 aromatic rings. The average Bonchev–Trinajstić information content (AvgIpc) is 2.58. The van der Waals surface area contributed by atoms with E-state index < -0.39 is 12.3 Å². The van der Waals surface area contributed by atoms with Gasteiger partial charge < -0.3 is 10.1 Å². The number of ether oxygens (including phenoxy) is 1. The highest BCUT2D eigenvalue weighted by Crippen LogP contribution is 2.33. The molecule has 8 heteroatoms. The third kappa shape index (κ3) is 5.58. The van der Waals surface area contributed by atoms with Gasteiger partial charge in [-0.1, -0.05) is 23.8 Å². The molecular formula is C20H16F3N3O2. The number of nitrogens with zero attached hydrogens (tertiary/aromatic N) is 2. The maximum Gasteiger partial charge on any atom is 0.573 e. The number of nitriles is 1. The van der Waals surface area contributed by atoms with Crippen molar-refractivity contribution in [1.29, 1.82) is 5.26 Å². The number of pyridine rings is 1. The summed E-state index contributed by atoms with van der Waals surface area (Å²) in [6.07, 6.45) is 0.228. The van der Waals surface area contributed by atoms with E-state index in [4.69, 9.17) is 5.26 Å². The normalized spacial score (nSPS) is 15.9. The molecule has 0 radical (unpaired) electrons. The van der Waals surface area contributed by atoms with Gasteiger partial charge in [-0.15, -0.1) is 13.2 Å². The Balaban J connectivity index is 1.55. The van der Waals surface area contributed by atoms with Gasteiger partial charge in [0.25, 0.3) is 0 Å². The predicted octanol–water partition coefficient (Wildman–Crippen LogP) is 4.48. The number of anilines is 1. The van der Waals surface area contributed by atoms with E-state index in [1.54, 1.807) is 24.4 Å². The lowest BCUT2D eigenvalue weighted by molar-refractivity contribution is -0.274. The van der Waals surface area contributed by atoms with Crippen LogP contribution in [0.3, 0.4) is 0 Å². The standard InChI is InChI=1S/C20H16F3N3O2/c21-20(22,23)28-17-3-1-2-13(9-17)10-19(27)26-18-5-4-14(12-25-18)6-15-7-16(8-15)11-24/h1-6,9,12,16H,7-8,10H2,(H,25,26,27). The number of aromatic nitrogens is 1. The van der Waals surface area contributed by atoms with Crippen LogP contribution < -0.4 is 10.1 Å². The molecule has 1 fully saturated rings. The van der Waals surface area contributed by atoms with Crippen molar-refractivity contribution in [2.45, 2.75) is 25.6 Å². The first-order valence-corrected chi connectivity index (χ1v) is 8.50. The summed E-state index contributed by atoms with van der Waals surface area (Å²) in [5, 5.41) is 11.4. The molecule has 1 aromatic carbocycles. The van der Waals surface area contributed by atoms with Crippen molar-refractivity contribution in [3.05, 3.63) is 59.3 Å². The van der Waals surface area contributed by atoms with Gasteiger partial charge in [0.1, 0.15) is 11.6 Å². The molecule has 1 saturated carbocycles. The van der Waals surface area contributed by atoms with Crippen LogP contribution in [0, 0.1) is 17.2 Å². The number of allylic oxidation sites excluding steroid dienone is 1. The van der Waals surface area contributed by atoms with Gasteiger partial charge in [0.05, 0.1) is 18.4 Å². The lowest BCUT2D eigenvalue weighted by Crippen LogP contribution is -2.18. The average molecular weight is 387 g/mol. The summed E-state index contributed by atoms with van der Waals surface area (Å²) in [7, 11) is 0. The number of hydrogen-bond donors (Lipinski definition) is 1. The quantitative estimate of drug-likeness (QED) is 0.821. The Morgan fingerprint density at radius 1 is 1.32 bits per heavy atom. The Labute approximate surface area is 159 Å². The molecule has 0 saturated heterocycles. The summed E-state index contributed by atoms with van der Waals surface area (Å²) < 4.78 is 40.7. The minimum absolute atomic E-state index is 0.0952. The molecule has 5 nitrogen and oxygen atoms in total. The molecule has 1 heterocycles. The number of hydrogen-bond acceptors (Lipinski definition) is 4. The van der Waals surface area contributed by atoms with Crippen LogP contribution in [0.15, 0.2) is 48.2 Å². The summed E-state index contributed by atoms with van der Waals surface area (Å²) in [5.41, 5.74) is 2.45. The fraction of sp³-hybridized carbons (Fsp3) is 0.250. The third-order valence-electron chi connectivity index (χ3n) is 4.12. The highest BCUT2D eigenvalue weighted by molar-refractivity contribution is 5.91. The van der Waals surface area contributed by atoms with E-state index in [1.165, 1.54) is 23.8 Å². The van der Waals surface area contributed by atoms with Gasteiger partial charge in [-0.2, -0.15) is 5.26 Å². The van der Waals surface area contributed by atoms with Crippen LogP contribution >= 0.6 is 0 Å². The minimum atomic E-state index is -4.78. The second-order valence-electron chi connectivity index (χ2n) is 6.43.